The molecule has 1 N–H and O–H groups in total. The zero-order valence-electron chi connectivity index (χ0n) is 17.6. The summed E-state index contributed by atoms with van der Waals surface area (Å²) in [6.07, 6.45) is 1.82. The molecule has 1 saturated heterocycles. The molecular formula is C25H19BrN2O4S. The summed E-state index contributed by atoms with van der Waals surface area (Å²) in [4.78, 5) is 30.2. The average molecular weight is 523 g/mol. The summed E-state index contributed by atoms with van der Waals surface area (Å²) < 4.78 is 6.86. The van der Waals surface area contributed by atoms with Gasteiger partial charge in [0.1, 0.15) is 12.4 Å². The second-order valence-electron chi connectivity index (χ2n) is 7.21. The molecule has 3 aromatic carbocycles. The highest BCUT2D eigenvalue weighted by atomic mass is 79.9. The molecule has 0 unspecified atom stereocenters. The van der Waals surface area contributed by atoms with Gasteiger partial charge in [-0.2, -0.15) is 0 Å². The van der Waals surface area contributed by atoms with Gasteiger partial charge < -0.3 is 9.84 Å². The number of thioether (sulfide) groups is 1. The summed E-state index contributed by atoms with van der Waals surface area (Å²) in [5.74, 6) is -0.391. The van der Waals surface area contributed by atoms with Crippen molar-refractivity contribution in [1.82, 2.24) is 4.90 Å². The summed E-state index contributed by atoms with van der Waals surface area (Å²) >= 11 is 4.69. The van der Waals surface area contributed by atoms with Gasteiger partial charge in [-0.15, -0.1) is 0 Å². The number of nitrogens with zero attached hydrogens (tertiary/aromatic N) is 2. The maximum absolute atomic E-state index is 12.7. The lowest BCUT2D eigenvalue weighted by Crippen LogP contribution is -2.23. The number of carboxylic acids is 1. The summed E-state index contributed by atoms with van der Waals surface area (Å²) in [7, 11) is 1.67. The van der Waals surface area contributed by atoms with E-state index >= 15 is 0 Å². The van der Waals surface area contributed by atoms with Crippen LogP contribution in [0.3, 0.4) is 0 Å². The molecule has 0 radical (unpaired) electrons. The van der Waals surface area contributed by atoms with Crippen LogP contribution < -0.4 is 4.74 Å². The average Bonchev–Trinajstić information content (AvgIpc) is 3.07. The van der Waals surface area contributed by atoms with E-state index in [2.05, 4.69) is 20.9 Å². The Morgan fingerprint density at radius 3 is 2.36 bits per heavy atom. The Hall–Kier alpha value is -3.36. The summed E-state index contributed by atoms with van der Waals surface area (Å²) in [5, 5.41) is 9.54. The molecule has 166 valence electrons. The standard InChI is InChI=1S/C25H19BrN2O4S/c1-28-23(29)22(33-25(28)27-20-10-6-18(7-11-20)24(30)31)14-16-4-12-21(13-5-16)32-15-17-2-8-19(26)9-3-17/h2-14H,15H2,1H3,(H,30,31). The van der Waals surface area contributed by atoms with Crippen molar-refractivity contribution < 1.29 is 19.4 Å². The van der Waals surface area contributed by atoms with Crippen LogP contribution in [-0.2, 0) is 11.4 Å². The van der Waals surface area contributed by atoms with Gasteiger partial charge in [0, 0.05) is 11.5 Å². The molecule has 3 aromatic rings. The number of aromatic carboxylic acids is 1. The number of carboxylic acid groups (broad SMARTS) is 1. The Kier molecular flexibility index (Phi) is 6.96. The van der Waals surface area contributed by atoms with Crippen LogP contribution in [0, 0.1) is 0 Å². The summed E-state index contributed by atoms with van der Waals surface area (Å²) in [5.41, 5.74) is 2.72. The van der Waals surface area contributed by atoms with E-state index in [1.807, 2.05) is 54.6 Å². The Bertz CT molecular complexity index is 1240. The molecule has 1 heterocycles. The van der Waals surface area contributed by atoms with Crippen LogP contribution in [0.1, 0.15) is 21.5 Å². The first-order valence-electron chi connectivity index (χ1n) is 9.96. The molecule has 8 heteroatoms. The van der Waals surface area contributed by atoms with Gasteiger partial charge in [-0.3, -0.25) is 9.69 Å². The Balaban J connectivity index is 1.43. The second kappa shape index (κ2) is 10.1. The van der Waals surface area contributed by atoms with E-state index < -0.39 is 5.97 Å². The molecule has 0 aromatic heterocycles. The number of carbonyl (C=O) groups excluding carboxylic acids is 1. The fourth-order valence-electron chi connectivity index (χ4n) is 3.00. The number of amides is 1. The van der Waals surface area contributed by atoms with Crippen molar-refractivity contribution in [3.05, 3.63) is 98.9 Å². The third-order valence-corrected chi connectivity index (χ3v) is 6.43. The van der Waals surface area contributed by atoms with E-state index in [1.54, 1.807) is 19.2 Å². The maximum Gasteiger partial charge on any atom is 0.335 e. The predicted molar refractivity (Wildman–Crippen MR) is 134 cm³/mol. The number of rotatable bonds is 6. The Morgan fingerprint density at radius 2 is 1.73 bits per heavy atom. The number of halogens is 1. The van der Waals surface area contributed by atoms with Crippen molar-refractivity contribution in [1.29, 1.82) is 0 Å². The van der Waals surface area contributed by atoms with Crippen LogP contribution in [0.25, 0.3) is 6.08 Å². The number of ether oxygens (including phenoxy) is 1. The number of amidine groups is 1. The summed E-state index contributed by atoms with van der Waals surface area (Å²) in [6.45, 7) is 0.472. The van der Waals surface area contributed by atoms with Crippen molar-refractivity contribution in [2.45, 2.75) is 6.61 Å². The third kappa shape index (κ3) is 5.71. The smallest absolute Gasteiger partial charge is 0.335 e. The molecule has 6 nitrogen and oxygen atoms in total. The van der Waals surface area contributed by atoms with E-state index in [-0.39, 0.29) is 11.5 Å². The molecule has 1 aliphatic rings. The SMILES string of the molecule is CN1C(=O)C(=Cc2ccc(OCc3ccc(Br)cc3)cc2)SC1=Nc1ccc(C(=O)O)cc1. The minimum absolute atomic E-state index is 0.142. The van der Waals surface area contributed by atoms with Crippen molar-refractivity contribution in [2.75, 3.05) is 7.05 Å². The molecular weight excluding hydrogens is 504 g/mol. The van der Waals surface area contributed by atoms with E-state index in [0.29, 0.717) is 22.4 Å². The molecule has 0 bridgehead atoms. The molecule has 1 amide bonds. The van der Waals surface area contributed by atoms with Gasteiger partial charge in [0.05, 0.1) is 16.2 Å². The van der Waals surface area contributed by atoms with Crippen LogP contribution in [0.2, 0.25) is 0 Å². The van der Waals surface area contributed by atoms with Gasteiger partial charge in [0.15, 0.2) is 5.17 Å². The number of hydrogen-bond donors (Lipinski definition) is 1. The zero-order chi connectivity index (χ0) is 23.4. The van der Waals surface area contributed by atoms with Crippen molar-refractivity contribution >= 4 is 56.5 Å². The number of benzene rings is 3. The first-order chi connectivity index (χ1) is 15.9. The first kappa shape index (κ1) is 22.8. The lowest BCUT2D eigenvalue weighted by atomic mass is 10.2. The summed E-state index contributed by atoms with van der Waals surface area (Å²) in [6, 6.07) is 21.7. The minimum Gasteiger partial charge on any atom is -0.489 e. The molecule has 0 aliphatic carbocycles. The van der Waals surface area contributed by atoms with Gasteiger partial charge >= 0.3 is 5.97 Å². The number of hydrogen-bond acceptors (Lipinski definition) is 5. The van der Waals surface area contributed by atoms with Gasteiger partial charge in [-0.1, -0.05) is 40.2 Å². The number of carbonyl (C=O) groups is 2. The van der Waals surface area contributed by atoms with Crippen LogP contribution in [-0.4, -0.2) is 34.1 Å². The Morgan fingerprint density at radius 1 is 1.06 bits per heavy atom. The lowest BCUT2D eigenvalue weighted by Gasteiger charge is -2.07. The molecule has 1 aliphatic heterocycles. The van der Waals surface area contributed by atoms with Gasteiger partial charge in [0.25, 0.3) is 5.91 Å². The zero-order valence-corrected chi connectivity index (χ0v) is 20.0. The molecule has 0 spiro atoms. The third-order valence-electron chi connectivity index (χ3n) is 4.84. The highest BCUT2D eigenvalue weighted by molar-refractivity contribution is 9.10. The van der Waals surface area contributed by atoms with E-state index in [0.717, 1.165) is 21.3 Å². The van der Waals surface area contributed by atoms with E-state index in [1.165, 1.54) is 28.8 Å². The normalized spacial score (nSPS) is 15.9. The van der Waals surface area contributed by atoms with Gasteiger partial charge in [0.2, 0.25) is 0 Å². The minimum atomic E-state index is -0.994. The number of likely N-dealkylation sites (N-methyl/N-ethyl adjacent to an activating group) is 1. The van der Waals surface area contributed by atoms with Crippen molar-refractivity contribution in [3.8, 4) is 5.75 Å². The topological polar surface area (TPSA) is 79.2 Å². The molecule has 1 fully saturated rings. The van der Waals surface area contributed by atoms with E-state index in [4.69, 9.17) is 9.84 Å². The maximum atomic E-state index is 12.7. The van der Waals surface area contributed by atoms with Crippen molar-refractivity contribution in [2.24, 2.45) is 4.99 Å². The quantitative estimate of drug-likeness (QED) is 0.404. The largest absolute Gasteiger partial charge is 0.489 e. The molecule has 0 atom stereocenters. The highest BCUT2D eigenvalue weighted by Crippen LogP contribution is 2.33. The monoisotopic (exact) mass is 522 g/mol. The fraction of sp³-hybridized carbons (Fsp3) is 0.0800. The van der Waals surface area contributed by atoms with Crippen LogP contribution in [0.15, 0.2) is 87.2 Å². The second-order valence-corrected chi connectivity index (χ2v) is 9.13. The lowest BCUT2D eigenvalue weighted by molar-refractivity contribution is -0.121. The molecule has 33 heavy (non-hydrogen) atoms. The van der Waals surface area contributed by atoms with Gasteiger partial charge in [-0.25, -0.2) is 9.79 Å². The van der Waals surface area contributed by atoms with E-state index in [9.17, 15) is 9.59 Å². The van der Waals surface area contributed by atoms with Crippen LogP contribution in [0.5, 0.6) is 5.75 Å². The van der Waals surface area contributed by atoms with Crippen molar-refractivity contribution in [3.63, 3.8) is 0 Å². The molecule has 4 rings (SSSR count). The molecule has 0 saturated carbocycles. The van der Waals surface area contributed by atoms with Gasteiger partial charge in [-0.05, 0) is 77.5 Å². The van der Waals surface area contributed by atoms with Crippen LogP contribution in [0.4, 0.5) is 5.69 Å². The number of aliphatic imine (C=N–C) groups is 1. The Labute approximate surface area is 203 Å². The highest BCUT2D eigenvalue weighted by Gasteiger charge is 2.30. The first-order valence-corrected chi connectivity index (χ1v) is 11.6. The van der Waals surface area contributed by atoms with Crippen LogP contribution >= 0.6 is 27.7 Å². The predicted octanol–water partition coefficient (Wildman–Crippen LogP) is 5.96. The fourth-order valence-corrected chi connectivity index (χ4v) is 4.25.